The Balaban J connectivity index is 1.44. The van der Waals surface area contributed by atoms with Crippen molar-refractivity contribution < 1.29 is 32.7 Å². The second kappa shape index (κ2) is 8.31. The van der Waals surface area contributed by atoms with E-state index in [0.29, 0.717) is 11.2 Å². The first kappa shape index (κ1) is 21.9. The number of para-hydroxylation sites is 1. The number of aliphatic hydroxyl groups is 2. The summed E-state index contributed by atoms with van der Waals surface area (Å²) in [7, 11) is -4.55. The molecule has 2 aromatic heterocycles. The number of benzene rings is 1. The minimum absolute atomic E-state index is 0.140. The first-order valence-electron chi connectivity index (χ1n) is 9.46. The number of amides is 1. The van der Waals surface area contributed by atoms with Gasteiger partial charge in [-0.25, -0.2) is 19.7 Å². The molecule has 1 fully saturated rings. The molecule has 3 aromatic rings. The Kier molecular flexibility index (Phi) is 5.68. The number of nitrogens with zero attached hydrogens (tertiary/aromatic N) is 4. The first-order valence-corrected chi connectivity index (χ1v) is 10.9. The number of nitrogens with two attached hydrogens (primary N) is 1. The summed E-state index contributed by atoms with van der Waals surface area (Å²) in [5, 5.41) is 30.6. The smallest absolute Gasteiger partial charge is 0.362 e. The number of rotatable bonds is 6. The molecule has 0 spiro atoms. The van der Waals surface area contributed by atoms with Crippen LogP contribution in [0.4, 0.5) is 5.82 Å². The van der Waals surface area contributed by atoms with E-state index in [1.165, 1.54) is 41.5 Å². The highest BCUT2D eigenvalue weighted by molar-refractivity contribution is 7.85. The molecule has 0 aliphatic heterocycles. The molecule has 2 heterocycles. The molecule has 1 amide bonds. The largest absolute Gasteiger partial charge is 0.507 e. The molecule has 0 radical (unpaired) electrons. The molecule has 1 aliphatic carbocycles. The third-order valence-corrected chi connectivity index (χ3v) is 6.20. The maximum Gasteiger partial charge on any atom is 0.362 e. The topological polar surface area (TPSA) is 203 Å². The van der Waals surface area contributed by atoms with Crippen molar-refractivity contribution in [2.45, 2.75) is 24.7 Å². The van der Waals surface area contributed by atoms with Crippen LogP contribution in [0, 0.1) is 5.92 Å². The second-order valence-electron chi connectivity index (χ2n) is 7.31. The quantitative estimate of drug-likeness (QED) is 0.302. The fraction of sp³-hybridized carbons (Fsp3) is 0.333. The highest BCUT2D eigenvalue weighted by atomic mass is 32.2. The highest BCUT2D eigenvalue weighted by Crippen LogP contribution is 2.37. The molecule has 1 saturated carbocycles. The van der Waals surface area contributed by atoms with Crippen molar-refractivity contribution in [1.29, 1.82) is 0 Å². The Morgan fingerprint density at radius 3 is 2.72 bits per heavy atom. The lowest BCUT2D eigenvalue weighted by Crippen LogP contribution is -2.35. The number of carbonyl (C=O) groups excluding carboxylic acids is 1. The van der Waals surface area contributed by atoms with Crippen LogP contribution in [-0.2, 0) is 14.5 Å². The number of nitrogens with one attached hydrogen (secondary N) is 1. The number of nitrogen functional groups attached to an aromatic ring is 1. The van der Waals surface area contributed by atoms with Crippen LogP contribution < -0.4 is 10.5 Å². The lowest BCUT2D eigenvalue weighted by atomic mass is 10.1. The number of fused-ring (bicyclic) bond motifs is 1. The number of phenols is 1. The van der Waals surface area contributed by atoms with Crippen LogP contribution in [0.5, 0.6) is 5.75 Å². The van der Waals surface area contributed by atoms with E-state index in [9.17, 15) is 28.5 Å². The van der Waals surface area contributed by atoms with E-state index in [-0.39, 0.29) is 17.8 Å². The van der Waals surface area contributed by atoms with Crippen molar-refractivity contribution in [2.75, 3.05) is 12.3 Å². The van der Waals surface area contributed by atoms with Gasteiger partial charge in [0.2, 0.25) is 0 Å². The number of aromatic nitrogens is 4. The van der Waals surface area contributed by atoms with Crippen LogP contribution in [0.15, 0.2) is 36.9 Å². The van der Waals surface area contributed by atoms with Gasteiger partial charge in [-0.15, -0.1) is 0 Å². The van der Waals surface area contributed by atoms with Gasteiger partial charge in [-0.1, -0.05) is 12.1 Å². The zero-order chi connectivity index (χ0) is 23.0. The summed E-state index contributed by atoms with van der Waals surface area (Å²) >= 11 is 0. The number of anilines is 1. The zero-order valence-corrected chi connectivity index (χ0v) is 17.3. The molecule has 170 valence electrons. The van der Waals surface area contributed by atoms with E-state index in [1.54, 1.807) is 4.72 Å². The normalized spacial score (nSPS) is 23.4. The second-order valence-corrected chi connectivity index (χ2v) is 8.66. The third-order valence-electron chi connectivity index (χ3n) is 5.32. The Hall–Kier alpha value is -3.33. The van der Waals surface area contributed by atoms with Crippen LogP contribution in [0.1, 0.15) is 22.8 Å². The van der Waals surface area contributed by atoms with Crippen molar-refractivity contribution >= 4 is 33.2 Å². The van der Waals surface area contributed by atoms with E-state index in [0.717, 1.165) is 0 Å². The molecular weight excluding hydrogens is 444 g/mol. The summed E-state index contributed by atoms with van der Waals surface area (Å²) in [6.07, 6.45) is 0.230. The van der Waals surface area contributed by atoms with Gasteiger partial charge >= 0.3 is 10.3 Å². The maximum absolute atomic E-state index is 12.2. The minimum Gasteiger partial charge on any atom is -0.507 e. The van der Waals surface area contributed by atoms with Gasteiger partial charge in [0.25, 0.3) is 5.91 Å². The molecule has 0 bridgehead atoms. The molecule has 1 aromatic carbocycles. The van der Waals surface area contributed by atoms with Gasteiger partial charge in [0.1, 0.15) is 23.7 Å². The lowest BCUT2D eigenvalue weighted by Gasteiger charge is -2.18. The molecule has 4 rings (SSSR count). The number of phenolic OH excluding ortho intramolecular Hbond substituents is 1. The Morgan fingerprint density at radius 1 is 1.22 bits per heavy atom. The summed E-state index contributed by atoms with van der Waals surface area (Å²) in [6, 6.07) is 4.74. The van der Waals surface area contributed by atoms with E-state index < -0.39 is 52.7 Å². The van der Waals surface area contributed by atoms with Gasteiger partial charge in [0, 0.05) is 5.92 Å². The van der Waals surface area contributed by atoms with Crippen LogP contribution in [-0.4, -0.2) is 68.0 Å². The van der Waals surface area contributed by atoms with Crippen molar-refractivity contribution in [1.82, 2.24) is 24.2 Å². The standard InChI is InChI=1S/C18H20N6O7S/c19-16-13-17(21-7-20-16)24(8-22-13)11-5-9(14(26)15(11)27)6-31-32(29,30)23-18(28)10-3-1-2-4-12(10)25/h1-4,7-9,11,14-15,25-27H,5-6H2,(H,23,28)(H2,19,20,21)/t9-,11-,14?,15-/m1/s1. The minimum atomic E-state index is -4.55. The average molecular weight is 464 g/mol. The molecular formula is C18H20N6O7S. The number of aliphatic hydroxyl groups excluding tert-OH is 2. The third kappa shape index (κ3) is 4.08. The van der Waals surface area contributed by atoms with E-state index in [2.05, 4.69) is 15.0 Å². The van der Waals surface area contributed by atoms with Gasteiger partial charge < -0.3 is 25.6 Å². The van der Waals surface area contributed by atoms with Crippen molar-refractivity contribution in [2.24, 2.45) is 5.92 Å². The molecule has 1 unspecified atom stereocenters. The average Bonchev–Trinajstić information content (AvgIpc) is 3.29. The number of aromatic hydroxyl groups is 1. The molecule has 4 atom stereocenters. The fourth-order valence-corrected chi connectivity index (χ4v) is 4.44. The SMILES string of the molecule is Nc1ncnc2c1ncn2[C@@H]1C[C@H](COS(=O)(=O)NC(=O)c2ccccc2O)C(O)[C@@H]1O. The predicted octanol–water partition coefficient (Wildman–Crippen LogP) is -0.912. The number of hydrogen-bond donors (Lipinski definition) is 5. The van der Waals surface area contributed by atoms with Gasteiger partial charge in [-0.3, -0.25) is 8.98 Å². The van der Waals surface area contributed by atoms with E-state index in [4.69, 9.17) is 9.92 Å². The number of imidazole rings is 1. The Labute approximate surface area is 181 Å². The fourth-order valence-electron chi connectivity index (χ4n) is 3.69. The summed E-state index contributed by atoms with van der Waals surface area (Å²) in [6.45, 7) is -0.498. The molecule has 32 heavy (non-hydrogen) atoms. The summed E-state index contributed by atoms with van der Waals surface area (Å²) in [4.78, 5) is 24.2. The van der Waals surface area contributed by atoms with Gasteiger partial charge in [-0.05, 0) is 18.6 Å². The number of hydrogen-bond acceptors (Lipinski definition) is 11. The van der Waals surface area contributed by atoms with Gasteiger partial charge in [-0.2, -0.15) is 8.42 Å². The molecule has 6 N–H and O–H groups in total. The molecule has 13 nitrogen and oxygen atoms in total. The van der Waals surface area contributed by atoms with Crippen LogP contribution in [0.25, 0.3) is 11.2 Å². The molecule has 0 saturated heterocycles. The summed E-state index contributed by atoms with van der Waals surface area (Å²) in [5.41, 5.74) is 6.22. The zero-order valence-electron chi connectivity index (χ0n) is 16.4. The molecule has 14 heteroatoms. The maximum atomic E-state index is 12.2. The summed E-state index contributed by atoms with van der Waals surface area (Å²) in [5.74, 6) is -2.08. The van der Waals surface area contributed by atoms with Gasteiger partial charge in [0.05, 0.1) is 30.6 Å². The first-order chi connectivity index (χ1) is 15.2. The summed E-state index contributed by atoms with van der Waals surface area (Å²) < 4.78 is 32.4. The van der Waals surface area contributed by atoms with Crippen LogP contribution >= 0.6 is 0 Å². The van der Waals surface area contributed by atoms with Crippen molar-refractivity contribution in [3.63, 3.8) is 0 Å². The van der Waals surface area contributed by atoms with E-state index >= 15 is 0 Å². The molecule has 1 aliphatic rings. The lowest BCUT2D eigenvalue weighted by molar-refractivity contribution is -0.00109. The Bertz CT molecular complexity index is 1260. The number of carbonyl (C=O) groups is 1. The van der Waals surface area contributed by atoms with Crippen molar-refractivity contribution in [3.05, 3.63) is 42.5 Å². The van der Waals surface area contributed by atoms with Crippen molar-refractivity contribution in [3.8, 4) is 5.75 Å². The predicted molar refractivity (Wildman–Crippen MR) is 109 cm³/mol. The van der Waals surface area contributed by atoms with Crippen LogP contribution in [0.2, 0.25) is 0 Å². The Morgan fingerprint density at radius 2 is 1.97 bits per heavy atom. The van der Waals surface area contributed by atoms with Crippen LogP contribution in [0.3, 0.4) is 0 Å². The van der Waals surface area contributed by atoms with Gasteiger partial charge in [0.15, 0.2) is 11.5 Å². The monoisotopic (exact) mass is 464 g/mol. The van der Waals surface area contributed by atoms with E-state index in [1.807, 2.05) is 0 Å². The highest BCUT2D eigenvalue weighted by Gasteiger charge is 2.43.